The fourth-order valence-electron chi connectivity index (χ4n) is 3.48. The summed E-state index contributed by atoms with van der Waals surface area (Å²) in [5.74, 6) is -1.34. The van der Waals surface area contributed by atoms with E-state index in [0.29, 0.717) is 6.42 Å². The highest BCUT2D eigenvalue weighted by Gasteiger charge is 2.38. The summed E-state index contributed by atoms with van der Waals surface area (Å²) in [6.45, 7) is 0.207. The number of aromatic amines is 1. The Hall–Kier alpha value is -3.57. The summed E-state index contributed by atoms with van der Waals surface area (Å²) in [5.41, 5.74) is -1.04. The number of H-pyrrole nitrogens is 1. The summed E-state index contributed by atoms with van der Waals surface area (Å²) in [6.07, 6.45) is -0.558. The molecule has 2 amide bonds. The van der Waals surface area contributed by atoms with E-state index in [9.17, 15) is 22.8 Å². The smallest absolute Gasteiger partial charge is 0.355 e. The van der Waals surface area contributed by atoms with Crippen molar-refractivity contribution in [1.29, 1.82) is 0 Å². The van der Waals surface area contributed by atoms with Crippen LogP contribution in [0.4, 0.5) is 18.9 Å². The van der Waals surface area contributed by atoms with Crippen molar-refractivity contribution in [3.63, 3.8) is 0 Å². The second-order valence-electron chi connectivity index (χ2n) is 7.42. The minimum atomic E-state index is -4.83. The summed E-state index contributed by atoms with van der Waals surface area (Å²) in [5, 5.41) is 5.25. The molecule has 3 aromatic heterocycles. The molecule has 3 N–H and O–H groups in total. The van der Waals surface area contributed by atoms with E-state index in [1.165, 1.54) is 36.8 Å². The average molecular weight is 525 g/mol. The Balaban J connectivity index is 1.62. The van der Waals surface area contributed by atoms with Crippen LogP contribution < -0.4 is 10.6 Å². The van der Waals surface area contributed by atoms with Crippen molar-refractivity contribution >= 4 is 46.4 Å². The highest BCUT2D eigenvalue weighted by Crippen LogP contribution is 2.34. The molecule has 13 heteroatoms. The third-order valence-corrected chi connectivity index (χ3v) is 5.68. The molecule has 0 radical (unpaired) electrons. The monoisotopic (exact) mass is 524 g/mol. The number of hydrogen-bond donors (Lipinski definition) is 3. The summed E-state index contributed by atoms with van der Waals surface area (Å²) < 4.78 is 42.5. The first-order chi connectivity index (χ1) is 16.6. The number of halogens is 5. The maximum absolute atomic E-state index is 13.8. The number of rotatable bonds is 7. The van der Waals surface area contributed by atoms with Gasteiger partial charge in [-0.15, -0.1) is 0 Å². The standard InChI is InChI=1S/C22H17Cl2F3N6O2/c23-13-3-1-4-14(24)18(13)21(35)31-15-5-2-8-33-16(19(22(25,26)27)32-20(15)33)9-17(34)29-7-6-12-10-28-11-30-12/h1-5,8,10-11H,6-7,9H2,(H,28,30)(H,29,34)(H,31,35). The van der Waals surface area contributed by atoms with E-state index < -0.39 is 30.1 Å². The van der Waals surface area contributed by atoms with Crippen molar-refractivity contribution in [2.45, 2.75) is 19.0 Å². The van der Waals surface area contributed by atoms with Gasteiger partial charge in [0.2, 0.25) is 5.91 Å². The van der Waals surface area contributed by atoms with Crippen LogP contribution in [0.1, 0.15) is 27.4 Å². The molecular formula is C22H17Cl2F3N6O2. The van der Waals surface area contributed by atoms with Crippen LogP contribution in [0.2, 0.25) is 10.0 Å². The molecule has 0 fully saturated rings. The van der Waals surface area contributed by atoms with Gasteiger partial charge < -0.3 is 20.0 Å². The van der Waals surface area contributed by atoms with Gasteiger partial charge in [-0.2, -0.15) is 13.2 Å². The molecule has 35 heavy (non-hydrogen) atoms. The van der Waals surface area contributed by atoms with Crippen molar-refractivity contribution in [1.82, 2.24) is 24.7 Å². The quantitative estimate of drug-likeness (QED) is 0.330. The molecule has 1 aromatic carbocycles. The zero-order chi connectivity index (χ0) is 25.2. The number of amides is 2. The van der Waals surface area contributed by atoms with E-state index in [-0.39, 0.29) is 39.2 Å². The number of pyridine rings is 1. The molecule has 0 unspecified atom stereocenters. The predicted octanol–water partition coefficient (Wildman–Crippen LogP) is 4.54. The number of nitrogens with zero attached hydrogens (tertiary/aromatic N) is 3. The van der Waals surface area contributed by atoms with Gasteiger partial charge >= 0.3 is 6.18 Å². The topological polar surface area (TPSA) is 104 Å². The molecule has 0 aliphatic carbocycles. The molecule has 4 rings (SSSR count). The van der Waals surface area contributed by atoms with Gasteiger partial charge in [-0.1, -0.05) is 29.3 Å². The summed E-state index contributed by atoms with van der Waals surface area (Å²) in [7, 11) is 0. The van der Waals surface area contributed by atoms with Gasteiger partial charge in [0.1, 0.15) is 0 Å². The van der Waals surface area contributed by atoms with E-state index >= 15 is 0 Å². The third-order valence-electron chi connectivity index (χ3n) is 5.05. The van der Waals surface area contributed by atoms with Gasteiger partial charge in [0, 0.05) is 31.1 Å². The van der Waals surface area contributed by atoms with Gasteiger partial charge in [-0.25, -0.2) is 9.97 Å². The molecule has 4 aromatic rings. The van der Waals surface area contributed by atoms with Crippen LogP contribution in [0.5, 0.6) is 0 Å². The Bertz CT molecular complexity index is 1370. The number of anilines is 1. The van der Waals surface area contributed by atoms with E-state index in [2.05, 4.69) is 25.6 Å². The van der Waals surface area contributed by atoms with Crippen molar-refractivity contribution in [3.05, 3.63) is 81.7 Å². The molecule has 0 saturated carbocycles. The zero-order valence-corrected chi connectivity index (χ0v) is 19.3. The van der Waals surface area contributed by atoms with E-state index in [0.717, 1.165) is 10.1 Å². The van der Waals surface area contributed by atoms with Crippen LogP contribution in [0.3, 0.4) is 0 Å². The van der Waals surface area contributed by atoms with Crippen molar-refractivity contribution in [2.24, 2.45) is 0 Å². The zero-order valence-electron chi connectivity index (χ0n) is 17.8. The SMILES string of the molecule is O=C(Cc1c(C(F)(F)F)nc2c(NC(=O)c3c(Cl)cccc3Cl)cccn12)NCCc1cnc[nH]1. The lowest BCUT2D eigenvalue weighted by atomic mass is 10.2. The Morgan fingerprint density at radius 3 is 2.51 bits per heavy atom. The second-order valence-corrected chi connectivity index (χ2v) is 8.24. The first kappa shape index (κ1) is 24.6. The lowest BCUT2D eigenvalue weighted by molar-refractivity contribution is -0.141. The average Bonchev–Trinajstić information content (AvgIpc) is 3.42. The largest absolute Gasteiger partial charge is 0.435 e. The minimum Gasteiger partial charge on any atom is -0.355 e. The number of carbonyl (C=O) groups excluding carboxylic acids is 2. The molecule has 0 aliphatic heterocycles. The first-order valence-electron chi connectivity index (χ1n) is 10.2. The van der Waals surface area contributed by atoms with Crippen LogP contribution in [-0.4, -0.2) is 37.7 Å². The van der Waals surface area contributed by atoms with E-state index in [4.69, 9.17) is 23.2 Å². The van der Waals surface area contributed by atoms with Crippen LogP contribution in [-0.2, 0) is 23.8 Å². The molecule has 0 atom stereocenters. The number of benzene rings is 1. The molecule has 3 heterocycles. The Labute approximate surface area is 206 Å². The Morgan fingerprint density at radius 1 is 1.11 bits per heavy atom. The highest BCUT2D eigenvalue weighted by atomic mass is 35.5. The van der Waals surface area contributed by atoms with Crippen molar-refractivity contribution < 1.29 is 22.8 Å². The number of fused-ring (bicyclic) bond motifs is 1. The van der Waals surface area contributed by atoms with Gasteiger partial charge in [0.05, 0.1) is 39.7 Å². The lowest BCUT2D eigenvalue weighted by Crippen LogP contribution is -2.28. The molecule has 0 spiro atoms. The van der Waals surface area contributed by atoms with Crippen LogP contribution in [0, 0.1) is 0 Å². The number of hydrogen-bond acceptors (Lipinski definition) is 4. The third kappa shape index (κ3) is 5.41. The van der Waals surface area contributed by atoms with Crippen LogP contribution in [0.15, 0.2) is 49.1 Å². The molecule has 0 bridgehead atoms. The number of nitrogens with one attached hydrogen (secondary N) is 3. The van der Waals surface area contributed by atoms with Gasteiger partial charge in [-0.3, -0.25) is 9.59 Å². The van der Waals surface area contributed by atoms with Crippen LogP contribution in [0.25, 0.3) is 5.65 Å². The molecular weight excluding hydrogens is 508 g/mol. The number of alkyl halides is 3. The number of aromatic nitrogens is 4. The number of carbonyl (C=O) groups is 2. The molecule has 0 saturated heterocycles. The molecule has 0 aliphatic rings. The van der Waals surface area contributed by atoms with Gasteiger partial charge in [-0.05, 0) is 24.3 Å². The molecule has 182 valence electrons. The molecule has 8 nitrogen and oxygen atoms in total. The summed E-state index contributed by atoms with van der Waals surface area (Å²) in [4.78, 5) is 35.7. The number of imidazole rings is 2. The minimum absolute atomic E-state index is 0.00936. The fourth-order valence-corrected chi connectivity index (χ4v) is 4.05. The maximum atomic E-state index is 13.8. The van der Waals surface area contributed by atoms with E-state index in [1.54, 1.807) is 12.3 Å². The Kier molecular flexibility index (Phi) is 6.99. The fraction of sp³-hybridized carbons (Fsp3) is 0.182. The van der Waals surface area contributed by atoms with Crippen LogP contribution >= 0.6 is 23.2 Å². The van der Waals surface area contributed by atoms with Gasteiger partial charge in [0.15, 0.2) is 11.3 Å². The summed E-state index contributed by atoms with van der Waals surface area (Å²) in [6, 6.07) is 7.29. The lowest BCUT2D eigenvalue weighted by Gasteiger charge is -2.10. The maximum Gasteiger partial charge on any atom is 0.435 e. The second kappa shape index (κ2) is 9.96. The first-order valence-corrected chi connectivity index (χ1v) is 11.0. The van der Waals surface area contributed by atoms with Gasteiger partial charge in [0.25, 0.3) is 5.91 Å². The van der Waals surface area contributed by atoms with Crippen molar-refractivity contribution in [3.8, 4) is 0 Å². The normalized spacial score (nSPS) is 11.6. The summed E-state index contributed by atoms with van der Waals surface area (Å²) >= 11 is 12.1. The predicted molar refractivity (Wildman–Crippen MR) is 124 cm³/mol. The Morgan fingerprint density at radius 2 is 1.86 bits per heavy atom. The highest BCUT2D eigenvalue weighted by molar-refractivity contribution is 6.40. The van der Waals surface area contributed by atoms with Crippen molar-refractivity contribution in [2.75, 3.05) is 11.9 Å². The van der Waals surface area contributed by atoms with E-state index in [1.807, 2.05) is 0 Å².